The molecule has 0 aromatic carbocycles. The summed E-state index contributed by atoms with van der Waals surface area (Å²) in [7, 11) is 0. The summed E-state index contributed by atoms with van der Waals surface area (Å²) in [6.45, 7) is 6.34. The molecule has 1 aromatic rings. The normalized spacial score (nSPS) is 23.7. The molecule has 21 heavy (non-hydrogen) atoms. The number of aromatic nitrogens is 1. The smallest absolute Gasteiger partial charge is 0.317 e. The molecule has 2 N–H and O–H groups in total. The number of nitrogens with zero attached hydrogens (tertiary/aromatic N) is 2. The van der Waals surface area contributed by atoms with Gasteiger partial charge in [0.2, 0.25) is 0 Å². The van der Waals surface area contributed by atoms with Crippen LogP contribution in [0, 0.1) is 12.3 Å². The Morgan fingerprint density at radius 1 is 1.57 bits per heavy atom. The maximum absolute atomic E-state index is 12.3. The second-order valence-electron chi connectivity index (χ2n) is 5.89. The zero-order chi connectivity index (χ0) is 15.6. The number of aryl methyl sites for hydroxylation is 1. The minimum atomic E-state index is -0.851. The van der Waals surface area contributed by atoms with Crippen LogP contribution < -0.4 is 5.32 Å². The lowest BCUT2D eigenvalue weighted by Gasteiger charge is -2.37. The van der Waals surface area contributed by atoms with Gasteiger partial charge in [0.15, 0.2) is 0 Å². The highest BCUT2D eigenvalue weighted by atomic mass is 32.1. The summed E-state index contributed by atoms with van der Waals surface area (Å²) in [5.74, 6) is -0.844. The number of hydrogen-bond acceptors (Lipinski definition) is 4. The van der Waals surface area contributed by atoms with Crippen molar-refractivity contribution < 1.29 is 14.7 Å². The van der Waals surface area contributed by atoms with Crippen LogP contribution in [-0.4, -0.2) is 40.1 Å². The first-order valence-corrected chi connectivity index (χ1v) is 7.91. The maximum atomic E-state index is 12.3. The predicted molar refractivity (Wildman–Crippen MR) is 80.3 cm³/mol. The van der Waals surface area contributed by atoms with Gasteiger partial charge in [-0.3, -0.25) is 4.79 Å². The van der Waals surface area contributed by atoms with Crippen molar-refractivity contribution in [3.8, 4) is 0 Å². The molecule has 0 spiro atoms. The number of carbonyl (C=O) groups is 2. The van der Waals surface area contributed by atoms with Crippen LogP contribution >= 0.6 is 11.3 Å². The fraction of sp³-hybridized carbons (Fsp3) is 0.643. The summed E-state index contributed by atoms with van der Waals surface area (Å²) >= 11 is 1.51. The van der Waals surface area contributed by atoms with Crippen molar-refractivity contribution in [2.45, 2.75) is 39.7 Å². The third-order valence-electron chi connectivity index (χ3n) is 3.85. The highest BCUT2D eigenvalue weighted by Crippen LogP contribution is 2.30. The number of carbonyl (C=O) groups excluding carboxylic acids is 1. The number of likely N-dealkylation sites (tertiary alicyclic amines) is 1. The van der Waals surface area contributed by atoms with Gasteiger partial charge < -0.3 is 15.3 Å². The van der Waals surface area contributed by atoms with Gasteiger partial charge in [0, 0.05) is 24.2 Å². The van der Waals surface area contributed by atoms with Crippen molar-refractivity contribution in [2.24, 2.45) is 5.41 Å². The number of hydrogen-bond donors (Lipinski definition) is 2. The molecule has 1 aliphatic rings. The van der Waals surface area contributed by atoms with E-state index >= 15 is 0 Å². The van der Waals surface area contributed by atoms with Gasteiger partial charge in [-0.2, -0.15) is 0 Å². The number of rotatable bonds is 3. The molecule has 0 saturated carbocycles. The van der Waals surface area contributed by atoms with E-state index in [0.29, 0.717) is 19.4 Å². The molecule has 2 rings (SSSR count). The molecule has 2 atom stereocenters. The van der Waals surface area contributed by atoms with Gasteiger partial charge in [-0.1, -0.05) is 0 Å². The summed E-state index contributed by atoms with van der Waals surface area (Å²) in [5.41, 5.74) is 0.0869. The van der Waals surface area contributed by atoms with Crippen molar-refractivity contribution in [1.82, 2.24) is 15.2 Å². The Morgan fingerprint density at radius 2 is 2.29 bits per heavy atom. The molecule has 1 aliphatic heterocycles. The molecule has 0 radical (unpaired) electrons. The number of nitrogens with one attached hydrogen (secondary N) is 1. The SMILES string of the molecule is Cc1csc(C(C)NC(=O)N2CCCC(C)(C(=O)O)C2)n1. The molecule has 1 aromatic heterocycles. The molecule has 1 fully saturated rings. The second-order valence-corrected chi connectivity index (χ2v) is 6.78. The lowest BCUT2D eigenvalue weighted by molar-refractivity contribution is -0.150. The zero-order valence-electron chi connectivity index (χ0n) is 12.5. The van der Waals surface area contributed by atoms with Gasteiger partial charge in [0.05, 0.1) is 11.5 Å². The number of thiazole rings is 1. The van der Waals surface area contributed by atoms with E-state index in [2.05, 4.69) is 10.3 Å². The quantitative estimate of drug-likeness (QED) is 0.898. The van der Waals surface area contributed by atoms with Gasteiger partial charge in [-0.15, -0.1) is 11.3 Å². The summed E-state index contributed by atoms with van der Waals surface area (Å²) in [6.07, 6.45) is 1.31. The Kier molecular flexibility index (Phi) is 4.51. The zero-order valence-corrected chi connectivity index (χ0v) is 13.4. The summed E-state index contributed by atoms with van der Waals surface area (Å²) in [5, 5.41) is 15.0. The fourth-order valence-electron chi connectivity index (χ4n) is 2.50. The molecule has 2 amide bonds. The summed E-state index contributed by atoms with van der Waals surface area (Å²) < 4.78 is 0. The number of urea groups is 1. The maximum Gasteiger partial charge on any atom is 0.317 e. The number of aliphatic carboxylic acids is 1. The standard InChI is InChI=1S/C14H21N3O3S/c1-9-7-21-11(15-9)10(2)16-13(20)17-6-4-5-14(3,8-17)12(18)19/h7,10H,4-6,8H2,1-3H3,(H,16,20)(H,18,19). The van der Waals surface area contributed by atoms with Crippen molar-refractivity contribution in [3.63, 3.8) is 0 Å². The minimum Gasteiger partial charge on any atom is -0.481 e. The number of carboxylic acids is 1. The molecule has 0 aliphatic carbocycles. The Hall–Kier alpha value is -1.63. The van der Waals surface area contributed by atoms with Crippen LogP contribution in [0.2, 0.25) is 0 Å². The van der Waals surface area contributed by atoms with Gasteiger partial charge in [0.25, 0.3) is 0 Å². The van der Waals surface area contributed by atoms with Crippen molar-refractivity contribution in [3.05, 3.63) is 16.1 Å². The summed E-state index contributed by atoms with van der Waals surface area (Å²) in [4.78, 5) is 29.6. The Balaban J connectivity index is 1.98. The number of piperidine rings is 1. The third kappa shape index (κ3) is 3.53. The first kappa shape index (κ1) is 15.8. The average Bonchev–Trinajstić information content (AvgIpc) is 2.85. The van der Waals surface area contributed by atoms with Gasteiger partial charge in [-0.25, -0.2) is 9.78 Å². The van der Waals surface area contributed by atoms with Crippen molar-refractivity contribution in [1.29, 1.82) is 0 Å². The van der Waals surface area contributed by atoms with E-state index in [1.54, 1.807) is 11.8 Å². The molecule has 6 nitrogen and oxygen atoms in total. The van der Waals surface area contributed by atoms with Crippen LogP contribution in [0.3, 0.4) is 0 Å². The van der Waals surface area contributed by atoms with Crippen LogP contribution in [0.15, 0.2) is 5.38 Å². The lowest BCUT2D eigenvalue weighted by Crippen LogP contribution is -2.51. The number of carboxylic acid groups (broad SMARTS) is 1. The van der Waals surface area contributed by atoms with Crippen LogP contribution in [-0.2, 0) is 4.79 Å². The summed E-state index contributed by atoms with van der Waals surface area (Å²) in [6, 6.07) is -0.392. The highest BCUT2D eigenvalue weighted by Gasteiger charge is 2.39. The van der Waals surface area contributed by atoms with Crippen molar-refractivity contribution >= 4 is 23.3 Å². The molecule has 1 saturated heterocycles. The molecule has 7 heteroatoms. The Bertz CT molecular complexity index is 545. The van der Waals surface area contributed by atoms with E-state index < -0.39 is 11.4 Å². The first-order chi connectivity index (χ1) is 9.82. The van der Waals surface area contributed by atoms with Crippen molar-refractivity contribution in [2.75, 3.05) is 13.1 Å². The van der Waals surface area contributed by atoms with Gasteiger partial charge >= 0.3 is 12.0 Å². The minimum absolute atomic E-state index is 0.172. The predicted octanol–water partition coefficient (Wildman–Crippen LogP) is 2.41. The monoisotopic (exact) mass is 311 g/mol. The van der Waals surface area contributed by atoms with E-state index in [0.717, 1.165) is 10.7 Å². The van der Waals surface area contributed by atoms with Crippen LogP contribution in [0.4, 0.5) is 4.79 Å². The molecule has 116 valence electrons. The molecule has 2 heterocycles. The number of amides is 2. The van der Waals surface area contributed by atoms with E-state index in [4.69, 9.17) is 0 Å². The van der Waals surface area contributed by atoms with E-state index in [9.17, 15) is 14.7 Å². The van der Waals surface area contributed by atoms with Crippen LogP contribution in [0.5, 0.6) is 0 Å². The van der Waals surface area contributed by atoms with E-state index in [1.807, 2.05) is 19.2 Å². The van der Waals surface area contributed by atoms with Gasteiger partial charge in [0.1, 0.15) is 5.01 Å². The van der Waals surface area contributed by atoms with Crippen LogP contribution in [0.25, 0.3) is 0 Å². The van der Waals surface area contributed by atoms with E-state index in [-0.39, 0.29) is 18.6 Å². The van der Waals surface area contributed by atoms with E-state index in [1.165, 1.54) is 11.3 Å². The van der Waals surface area contributed by atoms with Gasteiger partial charge in [-0.05, 0) is 33.6 Å². The van der Waals surface area contributed by atoms with Crippen LogP contribution in [0.1, 0.15) is 43.4 Å². The highest BCUT2D eigenvalue weighted by molar-refractivity contribution is 7.09. The molecular weight excluding hydrogens is 290 g/mol. The Morgan fingerprint density at radius 3 is 2.86 bits per heavy atom. The third-order valence-corrected chi connectivity index (χ3v) is 4.99. The molecular formula is C14H21N3O3S. The molecule has 2 unspecified atom stereocenters. The Labute approximate surface area is 128 Å². The second kappa shape index (κ2) is 6.01. The molecule has 0 bridgehead atoms. The largest absolute Gasteiger partial charge is 0.481 e. The first-order valence-electron chi connectivity index (χ1n) is 7.03. The topological polar surface area (TPSA) is 82.5 Å². The average molecular weight is 311 g/mol. The fourth-order valence-corrected chi connectivity index (χ4v) is 3.30. The lowest BCUT2D eigenvalue weighted by atomic mass is 9.82.